The van der Waals surface area contributed by atoms with E-state index < -0.39 is 156 Å². The Hall–Kier alpha value is -10.4. The van der Waals surface area contributed by atoms with Gasteiger partial charge in [0.1, 0.15) is 66.2 Å². The number of phenolic OH excluding ortho intramolecular Hbond substituents is 1. The van der Waals surface area contributed by atoms with Crippen LogP contribution in [0.3, 0.4) is 0 Å². The molecule has 0 bridgehead atoms. The number of amides is 12. The van der Waals surface area contributed by atoms with Crippen molar-refractivity contribution in [2.24, 2.45) is 72.5 Å². The molecular formula is C63H101N23O13. The van der Waals surface area contributed by atoms with Gasteiger partial charge < -0.3 is 115 Å². The molecule has 2 saturated heterocycles. The minimum atomic E-state index is -1.76. The molecule has 2 heterocycles. The number of nitrogens with one attached hydrogen (secondary N) is 10. The summed E-state index contributed by atoms with van der Waals surface area (Å²) in [6.07, 6.45) is 0.956. The third kappa shape index (κ3) is 28.3. The van der Waals surface area contributed by atoms with Crippen LogP contribution in [-0.2, 0) is 70.4 Å². The van der Waals surface area contributed by atoms with Gasteiger partial charge >= 0.3 is 0 Å². The van der Waals surface area contributed by atoms with Crippen molar-refractivity contribution >= 4 is 88.8 Å². The molecule has 36 nitrogen and oxygen atoms in total. The summed E-state index contributed by atoms with van der Waals surface area (Å²) in [6.45, 7) is 4.38. The first-order valence-corrected chi connectivity index (χ1v) is 33.1. The van der Waals surface area contributed by atoms with Gasteiger partial charge in [0.25, 0.3) is 0 Å². The first-order valence-electron chi connectivity index (χ1n) is 33.1. The molecule has 0 unspecified atom stereocenters. The van der Waals surface area contributed by atoms with Crippen molar-refractivity contribution in [3.8, 4) is 5.75 Å². The molecule has 546 valence electrons. The predicted octanol–water partition coefficient (Wildman–Crippen LogP) is -6.78. The lowest BCUT2D eigenvalue weighted by Crippen LogP contribution is -2.63. The Morgan fingerprint density at radius 1 is 0.626 bits per heavy atom. The zero-order chi connectivity index (χ0) is 73.3. The highest BCUT2D eigenvalue weighted by Crippen LogP contribution is 2.22. The van der Waals surface area contributed by atoms with E-state index in [0.29, 0.717) is 36.9 Å². The van der Waals surface area contributed by atoms with Crippen LogP contribution in [0.25, 0.3) is 0 Å². The van der Waals surface area contributed by atoms with Crippen LogP contribution in [0, 0.1) is 5.92 Å². The number of phenols is 1. The van der Waals surface area contributed by atoms with Gasteiger partial charge in [0.15, 0.2) is 17.9 Å². The zero-order valence-corrected chi connectivity index (χ0v) is 56.3. The fourth-order valence-electron chi connectivity index (χ4n) is 10.8. The number of nitrogens with two attached hydrogens (primary N) is 9. The Balaban J connectivity index is 1.70. The number of unbranched alkanes of at least 4 members (excludes halogenated alkanes) is 1. The summed E-state index contributed by atoms with van der Waals surface area (Å²) in [4.78, 5) is 183. The van der Waals surface area contributed by atoms with Gasteiger partial charge in [0, 0.05) is 39.1 Å². The maximum Gasteiger partial charge on any atom is 0.245 e. The molecule has 99 heavy (non-hydrogen) atoms. The molecule has 2 aliphatic heterocycles. The van der Waals surface area contributed by atoms with Crippen LogP contribution in [-0.4, -0.2) is 205 Å². The van der Waals surface area contributed by atoms with Crippen LogP contribution in [0.1, 0.15) is 115 Å². The maximum atomic E-state index is 14.9. The lowest BCUT2D eigenvalue weighted by molar-refractivity contribution is -0.142. The first kappa shape index (κ1) is 81.0. The van der Waals surface area contributed by atoms with Gasteiger partial charge in [-0.2, -0.15) is 0 Å². The number of hydrogen-bond acceptors (Lipinski definition) is 18. The summed E-state index contributed by atoms with van der Waals surface area (Å²) in [5.41, 5.74) is 52.2. The number of benzene rings is 2. The smallest absolute Gasteiger partial charge is 0.245 e. The standard InChI is InChI=1S/C63H101N23O13/c1-4-34(2)49(59(98)81-43(19-12-28-75-63(71)72)60(99)86-29-13-20-47(86)58(97)78-40(50(66)89)16-8-9-25-64)85-54(93)42(18-11-27-74-62(69)70)79-53(92)41(17-10-26-73-61(67)68)80-57(96)46-33-76-48(88)32-45(83-52(91)39(65)30-37-21-23-38(87)24-22-37)55(94)77-35(3)51(90)82-44(56(95)84-46)31-36-14-6-5-7-15-36/h5-7,14-15,21-24,34-35,39-47,49,87H,4,8-13,16-20,25-33,64-65H2,1-3H3,(H2,66,89)(H,76,88)(H,77,94)(H,78,97)(H,79,92)(H,80,96)(H,81,98)(H,82,90)(H,83,91)(H,84,95)(H,85,93)(H4,67,68,73)(H4,69,70,74)(H4,71,72,75)/t34-,35+,39-,40-,41-,42-,43-,44-,45+,46-,47-,49-/m0/s1. The molecular weight excluding hydrogens is 1290 g/mol. The second-order valence-electron chi connectivity index (χ2n) is 24.4. The van der Waals surface area contributed by atoms with E-state index in [1.54, 1.807) is 44.2 Å². The fraction of sp³-hybridized carbons (Fsp3) is 0.571. The van der Waals surface area contributed by atoms with Gasteiger partial charge in [-0.25, -0.2) is 0 Å². The Labute approximate surface area is 574 Å². The number of carbonyl (C=O) groups excluding carboxylic acids is 12. The van der Waals surface area contributed by atoms with Crippen molar-refractivity contribution in [3.05, 3.63) is 65.7 Å². The third-order valence-corrected chi connectivity index (χ3v) is 16.5. The van der Waals surface area contributed by atoms with Crippen molar-refractivity contribution in [2.75, 3.05) is 39.3 Å². The van der Waals surface area contributed by atoms with Gasteiger partial charge in [0.2, 0.25) is 70.9 Å². The van der Waals surface area contributed by atoms with Crippen LogP contribution in [0.4, 0.5) is 0 Å². The SMILES string of the molecule is CC[C@H](C)[C@H](NC(=O)[C@H](CCCN=C(N)N)NC(=O)[C@H](CCCN=C(N)N)NC(=O)[C@@H]1CNC(=O)C[C@@H](NC(=O)[C@@H](N)Cc2ccc(O)cc2)C(=O)N[C@H](C)C(=O)N[C@@H](Cc2ccccc2)C(=O)N1)C(=O)N[C@@H](CCCN=C(N)N)C(=O)N1CCC[C@H]1C(=O)N[C@@H](CCCCN)C(N)=O. The Morgan fingerprint density at radius 3 is 1.76 bits per heavy atom. The fourth-order valence-corrected chi connectivity index (χ4v) is 10.8. The highest BCUT2D eigenvalue weighted by molar-refractivity contribution is 6.00. The molecule has 29 N–H and O–H groups in total. The van der Waals surface area contributed by atoms with Crippen molar-refractivity contribution in [1.82, 2.24) is 58.1 Å². The first-order chi connectivity index (χ1) is 47.0. The normalized spacial score (nSPS) is 19.4. The lowest BCUT2D eigenvalue weighted by Gasteiger charge is -2.32. The zero-order valence-electron chi connectivity index (χ0n) is 56.3. The summed E-state index contributed by atoms with van der Waals surface area (Å²) in [7, 11) is 0. The van der Waals surface area contributed by atoms with E-state index in [-0.39, 0.29) is 120 Å². The van der Waals surface area contributed by atoms with E-state index in [2.05, 4.69) is 68.1 Å². The lowest BCUT2D eigenvalue weighted by atomic mass is 9.96. The van der Waals surface area contributed by atoms with Crippen LogP contribution in [0.2, 0.25) is 0 Å². The molecule has 2 aromatic rings. The number of nitrogens with zero attached hydrogens (tertiary/aromatic N) is 4. The summed E-state index contributed by atoms with van der Waals surface area (Å²) in [6, 6.07) is -1.14. The molecule has 0 spiro atoms. The van der Waals surface area contributed by atoms with Gasteiger partial charge in [-0.3, -0.25) is 72.5 Å². The Morgan fingerprint density at radius 2 is 1.18 bits per heavy atom. The van der Waals surface area contributed by atoms with E-state index in [1.165, 1.54) is 36.1 Å². The molecule has 36 heteroatoms. The number of aromatic hydroxyl groups is 1. The van der Waals surface area contributed by atoms with Crippen molar-refractivity contribution < 1.29 is 62.6 Å². The van der Waals surface area contributed by atoms with E-state index in [0.717, 1.165) is 0 Å². The van der Waals surface area contributed by atoms with Crippen LogP contribution >= 0.6 is 0 Å². The van der Waals surface area contributed by atoms with Crippen LogP contribution in [0.5, 0.6) is 5.75 Å². The number of carbonyl (C=O) groups is 12. The molecule has 2 fully saturated rings. The van der Waals surface area contributed by atoms with E-state index in [4.69, 9.17) is 51.6 Å². The van der Waals surface area contributed by atoms with Gasteiger partial charge in [0.05, 0.1) is 12.5 Å². The molecule has 0 saturated carbocycles. The second kappa shape index (κ2) is 41.7. The van der Waals surface area contributed by atoms with E-state index in [9.17, 15) is 62.6 Å². The molecule has 4 rings (SSSR count). The average Bonchev–Trinajstić information content (AvgIpc) is 1.78. The number of aliphatic imine (C=N–C) groups is 3. The number of hydrogen-bond donors (Lipinski definition) is 20. The van der Waals surface area contributed by atoms with Gasteiger partial charge in [-0.1, -0.05) is 62.7 Å². The second-order valence-corrected chi connectivity index (χ2v) is 24.4. The van der Waals surface area contributed by atoms with Crippen molar-refractivity contribution in [3.63, 3.8) is 0 Å². The largest absolute Gasteiger partial charge is 0.508 e. The predicted molar refractivity (Wildman–Crippen MR) is 367 cm³/mol. The minimum Gasteiger partial charge on any atom is -0.508 e. The summed E-state index contributed by atoms with van der Waals surface area (Å²) in [5.74, 6) is -11.9. The highest BCUT2D eigenvalue weighted by Gasteiger charge is 2.41. The molecule has 12 atom stereocenters. The quantitative estimate of drug-likeness (QED) is 0.0171. The molecule has 0 aliphatic carbocycles. The summed E-state index contributed by atoms with van der Waals surface area (Å²) in [5, 5.41) is 35.9. The monoisotopic (exact) mass is 1390 g/mol. The van der Waals surface area contributed by atoms with Crippen molar-refractivity contribution in [1.29, 1.82) is 0 Å². The Bertz CT molecular complexity index is 3160. The number of guanidine groups is 3. The number of primary amides is 1. The van der Waals surface area contributed by atoms with Crippen LogP contribution in [0.15, 0.2) is 69.6 Å². The highest BCUT2D eigenvalue weighted by atomic mass is 16.3. The molecule has 0 aromatic heterocycles. The third-order valence-electron chi connectivity index (χ3n) is 16.5. The van der Waals surface area contributed by atoms with E-state index >= 15 is 0 Å². The Kier molecular flexibility index (Phi) is 34.1. The minimum absolute atomic E-state index is 0.0105. The van der Waals surface area contributed by atoms with Gasteiger partial charge in [-0.15, -0.1) is 0 Å². The van der Waals surface area contributed by atoms with Crippen molar-refractivity contribution in [2.45, 2.75) is 184 Å². The number of rotatable bonds is 36. The molecule has 0 radical (unpaired) electrons. The summed E-state index contributed by atoms with van der Waals surface area (Å²) < 4.78 is 0. The average molecular weight is 1390 g/mol. The maximum absolute atomic E-state index is 14.9. The summed E-state index contributed by atoms with van der Waals surface area (Å²) >= 11 is 0. The number of likely N-dealkylation sites (tertiary alicyclic amines) is 1. The molecule has 2 aliphatic rings. The van der Waals surface area contributed by atoms with Gasteiger partial charge in [-0.05, 0) is 120 Å². The van der Waals surface area contributed by atoms with E-state index in [1.807, 2.05) is 0 Å². The molecule has 2 aromatic carbocycles. The molecule has 12 amide bonds. The topological polar surface area (TPSA) is 620 Å². The van der Waals surface area contributed by atoms with Crippen LogP contribution < -0.4 is 105 Å².